The normalized spacial score (nSPS) is 11.6. The molecule has 0 spiro atoms. The van der Waals surface area contributed by atoms with Crippen molar-refractivity contribution in [2.75, 3.05) is 0 Å². The first-order valence-electron chi connectivity index (χ1n) is 3.49. The van der Waals surface area contributed by atoms with Crippen molar-refractivity contribution in [2.45, 2.75) is 26.2 Å². The second-order valence-corrected chi connectivity index (χ2v) is 3.90. The van der Waals surface area contributed by atoms with Crippen LogP contribution in [0.5, 0.6) is 0 Å². The maximum atomic E-state index is 5.68. The molecule has 0 aromatic carbocycles. The van der Waals surface area contributed by atoms with Gasteiger partial charge in [-0.1, -0.05) is 32.4 Å². The SMILES string of the molecule is CC(C)(C)c1cnnc(Cl)c1. The van der Waals surface area contributed by atoms with Crippen molar-refractivity contribution in [3.8, 4) is 0 Å². The summed E-state index contributed by atoms with van der Waals surface area (Å²) in [6.07, 6.45) is 1.74. The lowest BCUT2D eigenvalue weighted by molar-refractivity contribution is 0.584. The molecule has 1 aromatic heterocycles. The fourth-order valence-electron chi connectivity index (χ4n) is 0.751. The minimum Gasteiger partial charge on any atom is -0.157 e. The maximum Gasteiger partial charge on any atom is 0.152 e. The van der Waals surface area contributed by atoms with Crippen LogP contribution >= 0.6 is 11.6 Å². The highest BCUT2D eigenvalue weighted by Crippen LogP contribution is 2.22. The molecule has 1 aromatic rings. The summed E-state index contributed by atoms with van der Waals surface area (Å²) in [6.45, 7) is 6.33. The van der Waals surface area contributed by atoms with Crippen LogP contribution in [0.15, 0.2) is 12.3 Å². The minimum atomic E-state index is 0.0968. The number of halogens is 1. The molecule has 0 N–H and O–H groups in total. The molecule has 0 atom stereocenters. The van der Waals surface area contributed by atoms with Crippen LogP contribution in [0, 0.1) is 0 Å². The van der Waals surface area contributed by atoms with Gasteiger partial charge in [-0.25, -0.2) is 0 Å². The van der Waals surface area contributed by atoms with E-state index >= 15 is 0 Å². The standard InChI is InChI=1S/C8H11ClN2/c1-8(2,3)6-4-7(9)11-10-5-6/h4-5H,1-3H3. The Morgan fingerprint density at radius 3 is 2.36 bits per heavy atom. The molecule has 0 aliphatic rings. The van der Waals surface area contributed by atoms with E-state index < -0.39 is 0 Å². The third-order valence-electron chi connectivity index (χ3n) is 1.49. The zero-order chi connectivity index (χ0) is 8.48. The van der Waals surface area contributed by atoms with Crippen molar-refractivity contribution in [3.05, 3.63) is 23.0 Å². The fourth-order valence-corrected chi connectivity index (χ4v) is 0.912. The van der Waals surface area contributed by atoms with Gasteiger partial charge in [0.05, 0.1) is 6.20 Å². The summed E-state index contributed by atoms with van der Waals surface area (Å²) in [7, 11) is 0. The summed E-state index contributed by atoms with van der Waals surface area (Å²) in [5, 5.41) is 7.89. The van der Waals surface area contributed by atoms with Crippen molar-refractivity contribution in [3.63, 3.8) is 0 Å². The van der Waals surface area contributed by atoms with Gasteiger partial charge in [0.25, 0.3) is 0 Å². The molecule has 11 heavy (non-hydrogen) atoms. The van der Waals surface area contributed by atoms with Crippen LogP contribution in [0.1, 0.15) is 26.3 Å². The molecule has 0 bridgehead atoms. The molecule has 1 heterocycles. The number of hydrogen-bond donors (Lipinski definition) is 0. The quantitative estimate of drug-likeness (QED) is 0.598. The molecular formula is C8H11ClN2. The molecule has 0 amide bonds. The lowest BCUT2D eigenvalue weighted by Gasteiger charge is -2.17. The van der Waals surface area contributed by atoms with Crippen LogP contribution in [0.3, 0.4) is 0 Å². The molecule has 3 heteroatoms. The predicted octanol–water partition coefficient (Wildman–Crippen LogP) is 2.43. The van der Waals surface area contributed by atoms with Gasteiger partial charge in [0, 0.05) is 0 Å². The van der Waals surface area contributed by atoms with Gasteiger partial charge >= 0.3 is 0 Å². The molecular weight excluding hydrogens is 160 g/mol. The van der Waals surface area contributed by atoms with Gasteiger partial charge in [-0.15, -0.1) is 5.10 Å². The molecule has 0 saturated carbocycles. The molecule has 60 valence electrons. The molecule has 0 radical (unpaired) electrons. The van der Waals surface area contributed by atoms with Gasteiger partial charge in [-0.2, -0.15) is 5.10 Å². The second-order valence-electron chi connectivity index (χ2n) is 3.52. The fraction of sp³-hybridized carbons (Fsp3) is 0.500. The Morgan fingerprint density at radius 1 is 1.36 bits per heavy atom. The first kappa shape index (κ1) is 8.47. The molecule has 0 aliphatic carbocycles. The zero-order valence-electron chi connectivity index (χ0n) is 6.93. The Labute approximate surface area is 71.6 Å². The molecule has 0 unspecified atom stereocenters. The van der Waals surface area contributed by atoms with E-state index in [-0.39, 0.29) is 5.41 Å². The van der Waals surface area contributed by atoms with Gasteiger partial charge < -0.3 is 0 Å². The van der Waals surface area contributed by atoms with Gasteiger partial charge in [-0.05, 0) is 17.0 Å². The largest absolute Gasteiger partial charge is 0.157 e. The third-order valence-corrected chi connectivity index (χ3v) is 1.68. The molecule has 2 nitrogen and oxygen atoms in total. The van der Waals surface area contributed by atoms with Gasteiger partial charge in [-0.3, -0.25) is 0 Å². The van der Waals surface area contributed by atoms with E-state index in [1.165, 1.54) is 0 Å². The van der Waals surface area contributed by atoms with Crippen molar-refractivity contribution in [1.82, 2.24) is 10.2 Å². The second kappa shape index (κ2) is 2.78. The Balaban J connectivity index is 3.06. The average Bonchev–Trinajstić information content (AvgIpc) is 1.86. The van der Waals surface area contributed by atoms with Crippen molar-refractivity contribution in [2.24, 2.45) is 0 Å². The van der Waals surface area contributed by atoms with E-state index in [9.17, 15) is 0 Å². The van der Waals surface area contributed by atoms with Crippen LogP contribution in [0.2, 0.25) is 5.15 Å². The Kier molecular flexibility index (Phi) is 2.14. The predicted molar refractivity (Wildman–Crippen MR) is 45.7 cm³/mol. The van der Waals surface area contributed by atoms with E-state index in [0.29, 0.717) is 5.15 Å². The number of rotatable bonds is 0. The van der Waals surface area contributed by atoms with E-state index in [1.807, 2.05) is 6.07 Å². The van der Waals surface area contributed by atoms with E-state index in [2.05, 4.69) is 31.0 Å². The highest BCUT2D eigenvalue weighted by molar-refractivity contribution is 6.29. The average molecular weight is 171 g/mol. The molecule has 0 fully saturated rings. The van der Waals surface area contributed by atoms with Crippen LogP contribution in [-0.2, 0) is 5.41 Å². The minimum absolute atomic E-state index is 0.0968. The number of aromatic nitrogens is 2. The molecule has 0 aliphatic heterocycles. The summed E-state index contributed by atoms with van der Waals surface area (Å²) in [4.78, 5) is 0. The highest BCUT2D eigenvalue weighted by atomic mass is 35.5. The van der Waals surface area contributed by atoms with Gasteiger partial charge in [0.15, 0.2) is 5.15 Å². The summed E-state index contributed by atoms with van der Waals surface area (Å²) < 4.78 is 0. The van der Waals surface area contributed by atoms with E-state index in [1.54, 1.807) is 6.20 Å². The Hall–Kier alpha value is -0.630. The summed E-state index contributed by atoms with van der Waals surface area (Å²) in [5.74, 6) is 0. The lowest BCUT2D eigenvalue weighted by atomic mass is 9.89. The first-order valence-corrected chi connectivity index (χ1v) is 3.86. The summed E-state index contributed by atoms with van der Waals surface area (Å²) >= 11 is 5.68. The summed E-state index contributed by atoms with van der Waals surface area (Å²) in [6, 6.07) is 1.84. The van der Waals surface area contributed by atoms with Gasteiger partial charge in [0.1, 0.15) is 0 Å². The smallest absolute Gasteiger partial charge is 0.152 e. The van der Waals surface area contributed by atoms with Crippen molar-refractivity contribution < 1.29 is 0 Å². The van der Waals surface area contributed by atoms with Crippen LogP contribution in [0.25, 0.3) is 0 Å². The molecule has 1 rings (SSSR count). The van der Waals surface area contributed by atoms with Crippen LogP contribution in [-0.4, -0.2) is 10.2 Å². The third kappa shape index (κ3) is 2.15. The highest BCUT2D eigenvalue weighted by Gasteiger charge is 2.14. The first-order chi connectivity index (χ1) is 5.00. The lowest BCUT2D eigenvalue weighted by Crippen LogP contribution is -2.11. The Morgan fingerprint density at radius 2 is 2.00 bits per heavy atom. The zero-order valence-corrected chi connectivity index (χ0v) is 7.68. The van der Waals surface area contributed by atoms with Crippen LogP contribution in [0.4, 0.5) is 0 Å². The summed E-state index contributed by atoms with van der Waals surface area (Å²) in [5.41, 5.74) is 1.21. The monoisotopic (exact) mass is 170 g/mol. The van der Waals surface area contributed by atoms with Crippen LogP contribution < -0.4 is 0 Å². The topological polar surface area (TPSA) is 25.8 Å². The number of hydrogen-bond acceptors (Lipinski definition) is 2. The molecule has 0 saturated heterocycles. The Bertz CT molecular complexity index is 253. The van der Waals surface area contributed by atoms with Crippen molar-refractivity contribution in [1.29, 1.82) is 0 Å². The number of nitrogens with zero attached hydrogens (tertiary/aromatic N) is 2. The van der Waals surface area contributed by atoms with Crippen molar-refractivity contribution >= 4 is 11.6 Å². The maximum absolute atomic E-state index is 5.68. The van der Waals surface area contributed by atoms with E-state index in [0.717, 1.165) is 5.56 Å². The van der Waals surface area contributed by atoms with Gasteiger partial charge in [0.2, 0.25) is 0 Å². The van der Waals surface area contributed by atoms with E-state index in [4.69, 9.17) is 11.6 Å².